The van der Waals surface area contributed by atoms with Crippen molar-refractivity contribution in [1.29, 1.82) is 0 Å². The minimum Gasteiger partial charge on any atom is -0.497 e. The van der Waals surface area contributed by atoms with Crippen LogP contribution in [0.4, 0.5) is 0 Å². The molecule has 2 aromatic rings. The number of guanidine groups is 1. The zero-order chi connectivity index (χ0) is 21.2. The number of hydrogen-bond donors (Lipinski definition) is 2. The highest BCUT2D eigenvalue weighted by molar-refractivity contribution is 14.0. The zero-order valence-corrected chi connectivity index (χ0v) is 21.9. The molecule has 1 fully saturated rings. The standard InChI is InChI=1S/C23H34N4O2S.HI/c1-4-29-14-13-23(11-5-6-12-23)17-26-22(24-2)25-15-19-16-30-21(27-19)18-7-9-20(28-3)10-8-18;/h7-10,16H,4-6,11-15,17H2,1-3H3,(H2,24,25,26);1H. The van der Waals surface area contributed by atoms with E-state index in [1.54, 1.807) is 18.4 Å². The maximum atomic E-state index is 5.62. The molecule has 1 heterocycles. The molecule has 1 aliphatic rings. The molecular formula is C23H35IN4O2S. The number of methoxy groups -OCH3 is 1. The van der Waals surface area contributed by atoms with Gasteiger partial charge >= 0.3 is 0 Å². The van der Waals surface area contributed by atoms with Gasteiger partial charge < -0.3 is 20.1 Å². The summed E-state index contributed by atoms with van der Waals surface area (Å²) in [7, 11) is 3.50. The van der Waals surface area contributed by atoms with Crippen molar-refractivity contribution in [2.75, 3.05) is 33.9 Å². The van der Waals surface area contributed by atoms with Gasteiger partial charge in [0.15, 0.2) is 5.96 Å². The first-order valence-corrected chi connectivity index (χ1v) is 11.7. The fraction of sp³-hybridized carbons (Fsp3) is 0.565. The van der Waals surface area contributed by atoms with Crippen molar-refractivity contribution in [2.45, 2.75) is 45.6 Å². The summed E-state index contributed by atoms with van der Waals surface area (Å²) in [6.07, 6.45) is 6.27. The first-order valence-electron chi connectivity index (χ1n) is 10.8. The molecule has 0 atom stereocenters. The molecule has 1 aromatic heterocycles. The van der Waals surface area contributed by atoms with Gasteiger partial charge in [-0.1, -0.05) is 12.8 Å². The smallest absolute Gasteiger partial charge is 0.191 e. The Hall–Kier alpha value is -1.39. The number of aromatic nitrogens is 1. The first-order chi connectivity index (χ1) is 14.7. The molecule has 1 saturated carbocycles. The first kappa shape index (κ1) is 25.9. The number of aliphatic imine (C=N–C) groups is 1. The Balaban J connectivity index is 0.00000341. The average molecular weight is 559 g/mol. The van der Waals surface area contributed by atoms with Crippen molar-refractivity contribution in [1.82, 2.24) is 15.6 Å². The van der Waals surface area contributed by atoms with E-state index in [4.69, 9.17) is 14.5 Å². The minimum atomic E-state index is 0. The van der Waals surface area contributed by atoms with E-state index in [0.717, 1.165) is 54.2 Å². The second-order valence-electron chi connectivity index (χ2n) is 7.81. The van der Waals surface area contributed by atoms with Gasteiger partial charge in [-0.3, -0.25) is 4.99 Å². The third-order valence-corrected chi connectivity index (χ3v) is 6.77. The number of benzene rings is 1. The van der Waals surface area contributed by atoms with Gasteiger partial charge in [-0.05, 0) is 55.9 Å². The molecule has 172 valence electrons. The molecule has 0 unspecified atom stereocenters. The Morgan fingerprint density at radius 2 is 1.94 bits per heavy atom. The van der Waals surface area contributed by atoms with Crippen molar-refractivity contribution < 1.29 is 9.47 Å². The Labute approximate surface area is 207 Å². The fourth-order valence-electron chi connectivity index (χ4n) is 3.99. The molecule has 0 bridgehead atoms. The Morgan fingerprint density at radius 1 is 1.19 bits per heavy atom. The minimum absolute atomic E-state index is 0. The summed E-state index contributed by atoms with van der Waals surface area (Å²) in [6.45, 7) is 5.28. The largest absolute Gasteiger partial charge is 0.497 e. The van der Waals surface area contributed by atoms with Crippen molar-refractivity contribution in [3.05, 3.63) is 35.3 Å². The second-order valence-corrected chi connectivity index (χ2v) is 8.66. The Kier molecular flexibility index (Phi) is 11.0. The lowest BCUT2D eigenvalue weighted by Gasteiger charge is -2.30. The zero-order valence-electron chi connectivity index (χ0n) is 18.8. The summed E-state index contributed by atoms with van der Waals surface area (Å²) in [5.74, 6) is 1.69. The number of halogens is 1. The van der Waals surface area contributed by atoms with Crippen molar-refractivity contribution in [2.24, 2.45) is 10.4 Å². The van der Waals surface area contributed by atoms with Gasteiger partial charge in [0.05, 0.1) is 19.3 Å². The van der Waals surface area contributed by atoms with E-state index in [0.29, 0.717) is 12.0 Å². The van der Waals surface area contributed by atoms with Gasteiger partial charge in [0.2, 0.25) is 0 Å². The van der Waals surface area contributed by atoms with E-state index in [1.807, 2.05) is 31.3 Å². The highest BCUT2D eigenvalue weighted by atomic mass is 127. The van der Waals surface area contributed by atoms with Crippen LogP contribution in [0.25, 0.3) is 10.6 Å². The van der Waals surface area contributed by atoms with Crippen LogP contribution in [-0.4, -0.2) is 44.9 Å². The number of nitrogens with one attached hydrogen (secondary N) is 2. The van der Waals surface area contributed by atoms with Crippen LogP contribution >= 0.6 is 35.3 Å². The summed E-state index contributed by atoms with van der Waals surface area (Å²) in [5, 5.41) is 10.1. The van der Waals surface area contributed by atoms with Crippen LogP contribution in [0.2, 0.25) is 0 Å². The lowest BCUT2D eigenvalue weighted by Crippen LogP contribution is -2.43. The second kappa shape index (κ2) is 13.2. The van der Waals surface area contributed by atoms with E-state index in [2.05, 4.69) is 27.9 Å². The maximum absolute atomic E-state index is 5.62. The number of thiazole rings is 1. The molecule has 0 saturated heterocycles. The predicted octanol–water partition coefficient (Wildman–Crippen LogP) is 5.09. The molecule has 1 aliphatic carbocycles. The molecule has 1 aromatic carbocycles. The third kappa shape index (κ3) is 7.61. The summed E-state index contributed by atoms with van der Waals surface area (Å²) in [4.78, 5) is 9.16. The van der Waals surface area contributed by atoms with Crippen LogP contribution in [0.1, 0.15) is 44.7 Å². The van der Waals surface area contributed by atoms with E-state index < -0.39 is 0 Å². The number of nitrogens with zero attached hydrogens (tertiary/aromatic N) is 2. The van der Waals surface area contributed by atoms with Crippen molar-refractivity contribution in [3.8, 4) is 16.3 Å². The van der Waals surface area contributed by atoms with E-state index in [1.165, 1.54) is 25.7 Å². The molecule has 0 spiro atoms. The Bertz CT molecular complexity index is 804. The molecule has 0 amide bonds. The van der Waals surface area contributed by atoms with E-state index >= 15 is 0 Å². The molecule has 2 N–H and O–H groups in total. The normalized spacial score (nSPS) is 15.4. The summed E-state index contributed by atoms with van der Waals surface area (Å²) in [6, 6.07) is 8.01. The van der Waals surface area contributed by atoms with E-state index in [9.17, 15) is 0 Å². The lowest BCUT2D eigenvalue weighted by molar-refractivity contribution is 0.105. The topological polar surface area (TPSA) is 67.8 Å². The average Bonchev–Trinajstić information content (AvgIpc) is 3.44. The SMILES string of the molecule is CCOCCC1(CNC(=NC)NCc2csc(-c3ccc(OC)cc3)n2)CCCC1.I. The van der Waals surface area contributed by atoms with Gasteiger partial charge in [0.1, 0.15) is 10.8 Å². The summed E-state index contributed by atoms with van der Waals surface area (Å²) >= 11 is 1.65. The van der Waals surface area contributed by atoms with Crippen LogP contribution in [0.15, 0.2) is 34.6 Å². The van der Waals surface area contributed by atoms with Crippen molar-refractivity contribution >= 4 is 41.3 Å². The lowest BCUT2D eigenvalue weighted by atomic mass is 9.83. The van der Waals surface area contributed by atoms with Crippen LogP contribution in [-0.2, 0) is 11.3 Å². The van der Waals surface area contributed by atoms with Gasteiger partial charge in [-0.2, -0.15) is 0 Å². The molecule has 31 heavy (non-hydrogen) atoms. The Morgan fingerprint density at radius 3 is 2.58 bits per heavy atom. The van der Waals surface area contributed by atoms with Crippen molar-refractivity contribution in [3.63, 3.8) is 0 Å². The van der Waals surface area contributed by atoms with Gasteiger partial charge in [-0.15, -0.1) is 35.3 Å². The molecule has 8 heteroatoms. The molecule has 6 nitrogen and oxygen atoms in total. The highest BCUT2D eigenvalue weighted by Gasteiger charge is 2.33. The van der Waals surface area contributed by atoms with Crippen LogP contribution in [0.3, 0.4) is 0 Å². The number of rotatable bonds is 10. The van der Waals surface area contributed by atoms with Crippen LogP contribution in [0, 0.1) is 5.41 Å². The highest BCUT2D eigenvalue weighted by Crippen LogP contribution is 2.40. The molecule has 0 radical (unpaired) electrons. The van der Waals surface area contributed by atoms with Gasteiger partial charge in [0.25, 0.3) is 0 Å². The molecule has 0 aliphatic heterocycles. The molecule has 3 rings (SSSR count). The summed E-state index contributed by atoms with van der Waals surface area (Å²) in [5.41, 5.74) is 2.45. The number of hydrogen-bond acceptors (Lipinski definition) is 5. The van der Waals surface area contributed by atoms with Crippen LogP contribution in [0.5, 0.6) is 5.75 Å². The summed E-state index contributed by atoms with van der Waals surface area (Å²) < 4.78 is 10.9. The predicted molar refractivity (Wildman–Crippen MR) is 140 cm³/mol. The van der Waals surface area contributed by atoms with E-state index in [-0.39, 0.29) is 24.0 Å². The van der Waals surface area contributed by atoms with Gasteiger partial charge in [-0.25, -0.2) is 4.98 Å². The number of ether oxygens (including phenoxy) is 2. The van der Waals surface area contributed by atoms with Crippen LogP contribution < -0.4 is 15.4 Å². The monoisotopic (exact) mass is 558 g/mol. The third-order valence-electron chi connectivity index (χ3n) is 5.83. The molecular weight excluding hydrogens is 523 g/mol. The van der Waals surface area contributed by atoms with Gasteiger partial charge in [0, 0.05) is 37.7 Å². The maximum Gasteiger partial charge on any atom is 0.191 e. The quantitative estimate of drug-likeness (QED) is 0.184. The fourth-order valence-corrected chi connectivity index (χ4v) is 4.82.